The van der Waals surface area contributed by atoms with Crippen LogP contribution in [0.2, 0.25) is 0 Å². The number of hydrogen-bond acceptors (Lipinski definition) is 2. The molecule has 98 valence electrons. The van der Waals surface area contributed by atoms with Crippen LogP contribution < -0.4 is 10.6 Å². The van der Waals surface area contributed by atoms with Crippen LogP contribution in [0.15, 0.2) is 12.2 Å². The molecule has 1 rings (SSSR count). The predicted molar refractivity (Wildman–Crippen MR) is 69.0 cm³/mol. The quantitative estimate of drug-likeness (QED) is 0.551. The minimum absolute atomic E-state index is 0.0809. The van der Waals surface area contributed by atoms with Gasteiger partial charge in [0.15, 0.2) is 0 Å². The first-order valence-corrected chi connectivity index (χ1v) is 6.36. The number of hydrogen-bond donors (Lipinski definition) is 2. The van der Waals surface area contributed by atoms with Gasteiger partial charge in [0.05, 0.1) is 13.2 Å². The lowest BCUT2D eigenvalue weighted by molar-refractivity contribution is 0.157. The van der Waals surface area contributed by atoms with Crippen molar-refractivity contribution in [3.8, 4) is 0 Å². The molecule has 0 saturated heterocycles. The fourth-order valence-corrected chi connectivity index (χ4v) is 2.06. The van der Waals surface area contributed by atoms with Gasteiger partial charge in [-0.15, -0.1) is 0 Å². The van der Waals surface area contributed by atoms with Gasteiger partial charge in [-0.05, 0) is 25.7 Å². The second kappa shape index (κ2) is 7.33. The van der Waals surface area contributed by atoms with Gasteiger partial charge in [0.1, 0.15) is 0 Å². The van der Waals surface area contributed by atoms with E-state index in [9.17, 15) is 4.79 Å². The highest BCUT2D eigenvalue weighted by Gasteiger charge is 2.24. The van der Waals surface area contributed by atoms with Gasteiger partial charge in [-0.25, -0.2) is 4.79 Å². The number of rotatable bonds is 6. The summed E-state index contributed by atoms with van der Waals surface area (Å²) >= 11 is 0. The molecule has 1 aliphatic rings. The molecule has 4 heteroatoms. The van der Waals surface area contributed by atoms with E-state index in [0.717, 1.165) is 12.0 Å². The van der Waals surface area contributed by atoms with E-state index in [1.807, 2.05) is 6.92 Å². The smallest absolute Gasteiger partial charge is 0.315 e. The van der Waals surface area contributed by atoms with Gasteiger partial charge in [0, 0.05) is 12.6 Å². The second-order valence-corrected chi connectivity index (χ2v) is 4.92. The lowest BCUT2D eigenvalue weighted by Gasteiger charge is -2.17. The normalized spacial score (nSPS) is 23.4. The van der Waals surface area contributed by atoms with E-state index in [2.05, 4.69) is 24.1 Å². The second-order valence-electron chi connectivity index (χ2n) is 4.92. The summed E-state index contributed by atoms with van der Waals surface area (Å²) in [6.45, 7) is 9.48. The molecule has 0 unspecified atom stereocenters. The maximum atomic E-state index is 11.5. The highest BCUT2D eigenvalue weighted by Crippen LogP contribution is 2.24. The van der Waals surface area contributed by atoms with Gasteiger partial charge in [-0.3, -0.25) is 0 Å². The molecule has 1 aliphatic carbocycles. The molecule has 0 spiro atoms. The molecule has 2 amide bonds. The SMILES string of the molecule is C=C(C)COCCNC(=O)N[C@@H]1CCC[C@@H]1C. The van der Waals surface area contributed by atoms with Gasteiger partial charge in [0.2, 0.25) is 0 Å². The Hall–Kier alpha value is -1.03. The molecule has 1 saturated carbocycles. The van der Waals surface area contributed by atoms with E-state index >= 15 is 0 Å². The number of urea groups is 1. The topological polar surface area (TPSA) is 50.4 Å². The van der Waals surface area contributed by atoms with Crippen LogP contribution in [0, 0.1) is 5.92 Å². The molecule has 0 radical (unpaired) electrons. The summed E-state index contributed by atoms with van der Waals surface area (Å²) in [6.07, 6.45) is 3.53. The highest BCUT2D eigenvalue weighted by molar-refractivity contribution is 5.74. The summed E-state index contributed by atoms with van der Waals surface area (Å²) < 4.78 is 5.29. The summed E-state index contributed by atoms with van der Waals surface area (Å²) in [4.78, 5) is 11.5. The van der Waals surface area contributed by atoms with Crippen LogP contribution >= 0.6 is 0 Å². The van der Waals surface area contributed by atoms with Crippen molar-refractivity contribution in [2.75, 3.05) is 19.8 Å². The molecule has 0 bridgehead atoms. The molecule has 4 nitrogen and oxygen atoms in total. The fraction of sp³-hybridized carbons (Fsp3) is 0.769. The minimum atomic E-state index is -0.0809. The van der Waals surface area contributed by atoms with Crippen molar-refractivity contribution in [3.05, 3.63) is 12.2 Å². The number of amides is 2. The zero-order valence-electron chi connectivity index (χ0n) is 10.9. The maximum absolute atomic E-state index is 11.5. The summed E-state index contributed by atoms with van der Waals surface area (Å²) in [5.41, 5.74) is 0.995. The van der Waals surface area contributed by atoms with Crippen molar-refractivity contribution in [2.24, 2.45) is 5.92 Å². The Morgan fingerprint density at radius 2 is 2.24 bits per heavy atom. The van der Waals surface area contributed by atoms with Crippen LogP contribution in [0.3, 0.4) is 0 Å². The van der Waals surface area contributed by atoms with E-state index in [1.165, 1.54) is 12.8 Å². The third kappa shape index (κ3) is 5.73. The predicted octanol–water partition coefficient (Wildman–Crippen LogP) is 2.07. The number of carbonyl (C=O) groups is 1. The Labute approximate surface area is 104 Å². The molecule has 2 atom stereocenters. The van der Waals surface area contributed by atoms with Crippen LogP contribution in [0.4, 0.5) is 4.79 Å². The van der Waals surface area contributed by atoms with Gasteiger partial charge >= 0.3 is 6.03 Å². The van der Waals surface area contributed by atoms with Crippen LogP contribution in [-0.4, -0.2) is 31.8 Å². The molecule has 17 heavy (non-hydrogen) atoms. The molecule has 1 fully saturated rings. The molecular formula is C13H24N2O2. The average Bonchev–Trinajstić information content (AvgIpc) is 2.63. The highest BCUT2D eigenvalue weighted by atomic mass is 16.5. The molecule has 2 N–H and O–H groups in total. The van der Waals surface area contributed by atoms with E-state index in [-0.39, 0.29) is 6.03 Å². The van der Waals surface area contributed by atoms with Gasteiger partial charge < -0.3 is 15.4 Å². The van der Waals surface area contributed by atoms with Gasteiger partial charge in [-0.1, -0.05) is 25.5 Å². The van der Waals surface area contributed by atoms with Gasteiger partial charge in [-0.2, -0.15) is 0 Å². The monoisotopic (exact) mass is 240 g/mol. The first-order chi connectivity index (χ1) is 8.09. The van der Waals surface area contributed by atoms with E-state index < -0.39 is 0 Å². The van der Waals surface area contributed by atoms with Crippen LogP contribution in [0.25, 0.3) is 0 Å². The lowest BCUT2D eigenvalue weighted by atomic mass is 10.1. The third-order valence-corrected chi connectivity index (χ3v) is 3.06. The Bertz CT molecular complexity index is 266. The van der Waals surface area contributed by atoms with Crippen molar-refractivity contribution < 1.29 is 9.53 Å². The number of nitrogens with one attached hydrogen (secondary N) is 2. The Morgan fingerprint density at radius 3 is 2.82 bits per heavy atom. The fourth-order valence-electron chi connectivity index (χ4n) is 2.06. The van der Waals surface area contributed by atoms with Crippen LogP contribution in [0.1, 0.15) is 33.1 Å². The van der Waals surface area contributed by atoms with Crippen LogP contribution in [0.5, 0.6) is 0 Å². The van der Waals surface area contributed by atoms with E-state index in [1.54, 1.807) is 0 Å². The van der Waals surface area contributed by atoms with Crippen molar-refractivity contribution in [1.82, 2.24) is 10.6 Å². The van der Waals surface area contributed by atoms with Crippen molar-refractivity contribution in [3.63, 3.8) is 0 Å². The van der Waals surface area contributed by atoms with Crippen LogP contribution in [-0.2, 0) is 4.74 Å². The largest absolute Gasteiger partial charge is 0.375 e. The number of ether oxygens (including phenoxy) is 1. The zero-order chi connectivity index (χ0) is 12.7. The lowest BCUT2D eigenvalue weighted by Crippen LogP contribution is -2.44. The number of carbonyl (C=O) groups excluding carboxylic acids is 1. The molecule has 0 aromatic rings. The van der Waals surface area contributed by atoms with Crippen molar-refractivity contribution in [1.29, 1.82) is 0 Å². The Morgan fingerprint density at radius 1 is 1.47 bits per heavy atom. The molecule has 0 aromatic heterocycles. The zero-order valence-corrected chi connectivity index (χ0v) is 10.9. The summed E-state index contributed by atoms with van der Waals surface area (Å²) in [5.74, 6) is 0.598. The summed E-state index contributed by atoms with van der Waals surface area (Å²) in [7, 11) is 0. The van der Waals surface area contributed by atoms with Gasteiger partial charge in [0.25, 0.3) is 0 Å². The molecule has 0 heterocycles. The van der Waals surface area contributed by atoms with Crippen molar-refractivity contribution in [2.45, 2.75) is 39.2 Å². The Balaban J connectivity index is 2.03. The summed E-state index contributed by atoms with van der Waals surface area (Å²) in [5, 5.41) is 5.80. The van der Waals surface area contributed by atoms with Crippen molar-refractivity contribution >= 4 is 6.03 Å². The van der Waals surface area contributed by atoms with E-state index in [0.29, 0.717) is 31.7 Å². The third-order valence-electron chi connectivity index (χ3n) is 3.06. The standard InChI is InChI=1S/C13H24N2O2/c1-10(2)9-17-8-7-14-13(16)15-12-6-4-5-11(12)3/h11-12H,1,4-9H2,2-3H3,(H2,14,15,16)/t11-,12+/m0/s1. The minimum Gasteiger partial charge on any atom is -0.375 e. The molecular weight excluding hydrogens is 216 g/mol. The first-order valence-electron chi connectivity index (χ1n) is 6.36. The first kappa shape index (κ1) is 14.0. The molecule has 0 aromatic carbocycles. The van der Waals surface area contributed by atoms with E-state index in [4.69, 9.17) is 4.74 Å². The maximum Gasteiger partial charge on any atom is 0.315 e. The Kier molecular flexibility index (Phi) is 6.05. The average molecular weight is 240 g/mol. The summed E-state index contributed by atoms with van der Waals surface area (Å²) in [6, 6.07) is 0.258. The molecule has 0 aliphatic heterocycles.